The van der Waals surface area contributed by atoms with E-state index in [-0.39, 0.29) is 11.9 Å². The van der Waals surface area contributed by atoms with Gasteiger partial charge in [0.2, 0.25) is 0 Å². The highest BCUT2D eigenvalue weighted by atomic mass is 16.1. The molecule has 1 amide bonds. The zero-order chi connectivity index (χ0) is 22.9. The average Bonchev–Trinajstić information content (AvgIpc) is 3.39. The number of rotatable bonds is 5. The first kappa shape index (κ1) is 20.7. The summed E-state index contributed by atoms with van der Waals surface area (Å²) in [5.41, 5.74) is 5.47. The maximum absolute atomic E-state index is 13.3. The predicted molar refractivity (Wildman–Crippen MR) is 139 cm³/mol. The number of anilines is 1. The summed E-state index contributed by atoms with van der Waals surface area (Å²) in [5, 5.41) is 9.51. The number of carbonyl (C=O) groups is 1. The van der Waals surface area contributed by atoms with E-state index in [0.29, 0.717) is 18.4 Å². The van der Waals surface area contributed by atoms with Crippen molar-refractivity contribution in [1.29, 1.82) is 0 Å². The predicted octanol–water partition coefficient (Wildman–Crippen LogP) is 6.64. The summed E-state index contributed by atoms with van der Waals surface area (Å²) in [4.78, 5) is 13.3. The van der Waals surface area contributed by atoms with E-state index in [0.717, 1.165) is 24.1 Å². The van der Waals surface area contributed by atoms with Crippen LogP contribution in [0.3, 0.4) is 0 Å². The molecule has 0 bridgehead atoms. The highest BCUT2D eigenvalue weighted by Gasteiger charge is 2.39. The van der Waals surface area contributed by atoms with Gasteiger partial charge in [0, 0.05) is 12.5 Å². The number of para-hydroxylation sites is 1. The van der Waals surface area contributed by atoms with Gasteiger partial charge in [0.1, 0.15) is 0 Å². The molecule has 0 spiro atoms. The molecule has 4 aromatic rings. The lowest BCUT2D eigenvalue weighted by atomic mass is 9.75. The second-order valence-electron chi connectivity index (χ2n) is 9.31. The van der Waals surface area contributed by atoms with Crippen LogP contribution in [-0.4, -0.2) is 12.5 Å². The first-order chi connectivity index (χ1) is 16.8. The smallest absolute Gasteiger partial charge is 0.253 e. The molecule has 0 radical (unpaired) electrons. The Labute approximate surface area is 200 Å². The number of fused-ring (bicyclic) bond motifs is 4. The largest absolute Gasteiger partial charge is 0.377 e. The molecule has 0 saturated heterocycles. The minimum Gasteiger partial charge on any atom is -0.377 e. The molecule has 4 aromatic carbocycles. The van der Waals surface area contributed by atoms with Gasteiger partial charge in [0.15, 0.2) is 0 Å². The number of carbonyl (C=O) groups excluding carboxylic acids is 1. The van der Waals surface area contributed by atoms with E-state index in [2.05, 4.69) is 83.4 Å². The number of allylic oxidation sites excluding steroid dienone is 2. The molecule has 1 heterocycles. The third-order valence-corrected chi connectivity index (χ3v) is 7.34. The Morgan fingerprint density at radius 3 is 2.53 bits per heavy atom. The van der Waals surface area contributed by atoms with Crippen LogP contribution in [0.25, 0.3) is 10.8 Å². The maximum Gasteiger partial charge on any atom is 0.253 e. The normalized spacial score (nSPS) is 20.4. The Morgan fingerprint density at radius 2 is 1.62 bits per heavy atom. The zero-order valence-corrected chi connectivity index (χ0v) is 19.1. The molecule has 0 aromatic heterocycles. The minimum atomic E-state index is -0.0163. The first-order valence-corrected chi connectivity index (χ1v) is 12.2. The second kappa shape index (κ2) is 8.83. The summed E-state index contributed by atoms with van der Waals surface area (Å²) in [5.74, 6) is 0.740. The molecule has 2 aliphatic rings. The summed E-state index contributed by atoms with van der Waals surface area (Å²) in [6.45, 7) is 0.616. The van der Waals surface area contributed by atoms with Gasteiger partial charge < -0.3 is 10.6 Å². The van der Waals surface area contributed by atoms with Crippen LogP contribution in [0.15, 0.2) is 103 Å². The molecule has 3 unspecified atom stereocenters. The highest BCUT2D eigenvalue weighted by Crippen LogP contribution is 2.51. The van der Waals surface area contributed by atoms with Gasteiger partial charge in [-0.05, 0) is 52.3 Å². The van der Waals surface area contributed by atoms with Crippen LogP contribution >= 0.6 is 0 Å². The van der Waals surface area contributed by atoms with Gasteiger partial charge in [-0.2, -0.15) is 0 Å². The summed E-state index contributed by atoms with van der Waals surface area (Å²) in [6, 6.07) is 31.7. The average molecular weight is 445 g/mol. The number of amides is 1. The topological polar surface area (TPSA) is 41.1 Å². The van der Waals surface area contributed by atoms with E-state index < -0.39 is 0 Å². The van der Waals surface area contributed by atoms with Gasteiger partial charge in [-0.15, -0.1) is 0 Å². The lowest BCUT2D eigenvalue weighted by Gasteiger charge is -2.38. The summed E-state index contributed by atoms with van der Waals surface area (Å²) in [7, 11) is 0. The molecule has 3 nitrogen and oxygen atoms in total. The van der Waals surface area contributed by atoms with E-state index in [4.69, 9.17) is 0 Å². The number of hydrogen-bond donors (Lipinski definition) is 2. The van der Waals surface area contributed by atoms with Crippen LogP contribution in [0.5, 0.6) is 0 Å². The molecule has 168 valence electrons. The molecular formula is C31H28N2O. The van der Waals surface area contributed by atoms with E-state index in [1.807, 2.05) is 30.3 Å². The third kappa shape index (κ3) is 3.67. The van der Waals surface area contributed by atoms with Crippen molar-refractivity contribution in [1.82, 2.24) is 5.32 Å². The molecule has 34 heavy (non-hydrogen) atoms. The van der Waals surface area contributed by atoms with E-state index in [1.165, 1.54) is 27.5 Å². The SMILES string of the molecule is O=C(NCCc1ccccc1)c1cccc2c1NC(c1cccc3ccccc13)C1CC=CC21. The molecule has 1 aliphatic carbocycles. The van der Waals surface area contributed by atoms with E-state index in [1.54, 1.807) is 0 Å². The van der Waals surface area contributed by atoms with Crippen LogP contribution < -0.4 is 10.6 Å². The molecule has 1 aliphatic heterocycles. The van der Waals surface area contributed by atoms with Crippen LogP contribution in [0.4, 0.5) is 5.69 Å². The molecule has 3 heteroatoms. The number of benzene rings is 4. The van der Waals surface area contributed by atoms with Crippen LogP contribution in [0.2, 0.25) is 0 Å². The summed E-state index contributed by atoms with van der Waals surface area (Å²) in [6.07, 6.45) is 6.50. The summed E-state index contributed by atoms with van der Waals surface area (Å²) >= 11 is 0. The van der Waals surface area contributed by atoms with Gasteiger partial charge in [-0.3, -0.25) is 4.79 Å². The quantitative estimate of drug-likeness (QED) is 0.339. The fourth-order valence-corrected chi connectivity index (χ4v) is 5.70. The molecule has 3 atom stereocenters. The third-order valence-electron chi connectivity index (χ3n) is 7.34. The van der Waals surface area contributed by atoms with Gasteiger partial charge in [-0.25, -0.2) is 0 Å². The standard InChI is InChI=1S/C31H28N2O/c34-31(32-20-19-21-9-2-1-3-10-21)28-18-8-17-27-24-14-7-16-26(24)29(33-30(27)28)25-15-6-12-22-11-4-5-13-23(22)25/h1-15,17-18,24,26,29,33H,16,19-20H2,(H,32,34). The van der Waals surface area contributed by atoms with Crippen molar-refractivity contribution < 1.29 is 4.79 Å². The van der Waals surface area contributed by atoms with Crippen LogP contribution in [-0.2, 0) is 6.42 Å². The molecular weight excluding hydrogens is 416 g/mol. The Balaban J connectivity index is 1.33. The lowest BCUT2D eigenvalue weighted by molar-refractivity contribution is 0.0954. The maximum atomic E-state index is 13.3. The minimum absolute atomic E-state index is 0.0163. The Bertz CT molecular complexity index is 1370. The van der Waals surface area contributed by atoms with Crippen molar-refractivity contribution in [2.75, 3.05) is 11.9 Å². The van der Waals surface area contributed by atoms with Gasteiger partial charge >= 0.3 is 0 Å². The highest BCUT2D eigenvalue weighted by molar-refractivity contribution is 6.01. The molecule has 0 fully saturated rings. The number of nitrogens with one attached hydrogen (secondary N) is 2. The first-order valence-electron chi connectivity index (χ1n) is 12.2. The van der Waals surface area contributed by atoms with Crippen molar-refractivity contribution in [3.8, 4) is 0 Å². The molecule has 0 saturated carbocycles. The van der Waals surface area contributed by atoms with E-state index in [9.17, 15) is 4.79 Å². The molecule has 2 N–H and O–H groups in total. The van der Waals surface area contributed by atoms with E-state index >= 15 is 0 Å². The van der Waals surface area contributed by atoms with Gasteiger partial charge in [0.05, 0.1) is 17.3 Å². The van der Waals surface area contributed by atoms with Crippen molar-refractivity contribution in [2.45, 2.75) is 24.8 Å². The molecule has 6 rings (SSSR count). The van der Waals surface area contributed by atoms with Crippen molar-refractivity contribution >= 4 is 22.4 Å². The van der Waals surface area contributed by atoms with Crippen molar-refractivity contribution in [3.63, 3.8) is 0 Å². The van der Waals surface area contributed by atoms with Gasteiger partial charge in [-0.1, -0.05) is 97.1 Å². The number of hydrogen-bond acceptors (Lipinski definition) is 2. The second-order valence-corrected chi connectivity index (χ2v) is 9.31. The van der Waals surface area contributed by atoms with Gasteiger partial charge in [0.25, 0.3) is 5.91 Å². The van der Waals surface area contributed by atoms with Crippen molar-refractivity contribution in [2.24, 2.45) is 5.92 Å². The zero-order valence-electron chi connectivity index (χ0n) is 19.1. The fourth-order valence-electron chi connectivity index (χ4n) is 5.70. The lowest BCUT2D eigenvalue weighted by Crippen LogP contribution is -2.32. The van der Waals surface area contributed by atoms with Crippen LogP contribution in [0.1, 0.15) is 45.4 Å². The summed E-state index contributed by atoms with van der Waals surface area (Å²) < 4.78 is 0. The van der Waals surface area contributed by atoms with Crippen LogP contribution in [0, 0.1) is 5.92 Å². The fraction of sp³-hybridized carbons (Fsp3) is 0.194. The Hall–Kier alpha value is -3.85. The Morgan fingerprint density at radius 1 is 0.853 bits per heavy atom. The monoisotopic (exact) mass is 444 g/mol. The Kier molecular flexibility index (Phi) is 5.38. The van der Waals surface area contributed by atoms with Crippen molar-refractivity contribution in [3.05, 3.63) is 125 Å².